The molecule has 4 rings (SSSR count). The zero-order valence-electron chi connectivity index (χ0n) is 17.6. The van der Waals surface area contributed by atoms with Crippen LogP contribution in [-0.2, 0) is 14.3 Å². The van der Waals surface area contributed by atoms with E-state index < -0.39 is 17.8 Å². The molecule has 3 atom stereocenters. The molecule has 6 heteroatoms. The molecule has 0 saturated carbocycles. The third kappa shape index (κ3) is 3.86. The standard InChI is InChI=1S/C25H24ClNO4/c1-14-22(25(29)31-3)23(18-6-4-5-7-21(18)30-2)24-19(27-14)12-16(13-20(24)28)15-8-10-17(26)11-9-15/h4-12,16,23-24,27H,13H2,1-3H3. The number of hydrogen-bond acceptors (Lipinski definition) is 5. The summed E-state index contributed by atoms with van der Waals surface area (Å²) in [6.07, 6.45) is 2.44. The van der Waals surface area contributed by atoms with Crippen molar-refractivity contribution in [2.75, 3.05) is 14.2 Å². The number of carbonyl (C=O) groups is 2. The normalized spacial score (nSPS) is 22.9. The third-order valence-electron chi connectivity index (χ3n) is 6.04. The zero-order valence-corrected chi connectivity index (χ0v) is 18.4. The highest BCUT2D eigenvalue weighted by Crippen LogP contribution is 2.48. The van der Waals surface area contributed by atoms with E-state index in [4.69, 9.17) is 21.1 Å². The minimum Gasteiger partial charge on any atom is -0.496 e. The van der Waals surface area contributed by atoms with E-state index in [2.05, 4.69) is 11.4 Å². The van der Waals surface area contributed by atoms with Crippen molar-refractivity contribution in [1.29, 1.82) is 0 Å². The molecule has 0 amide bonds. The van der Waals surface area contributed by atoms with Crippen LogP contribution < -0.4 is 10.1 Å². The third-order valence-corrected chi connectivity index (χ3v) is 6.29. The first-order valence-electron chi connectivity index (χ1n) is 10.1. The fourth-order valence-electron chi connectivity index (χ4n) is 4.64. The van der Waals surface area contributed by atoms with Crippen LogP contribution in [0.5, 0.6) is 5.75 Å². The second-order valence-electron chi connectivity index (χ2n) is 7.80. The largest absolute Gasteiger partial charge is 0.496 e. The summed E-state index contributed by atoms with van der Waals surface area (Å²) in [5.41, 5.74) is 3.75. The van der Waals surface area contributed by atoms with Crippen LogP contribution in [0.15, 0.2) is 71.6 Å². The van der Waals surface area contributed by atoms with E-state index in [1.165, 1.54) is 7.11 Å². The van der Waals surface area contributed by atoms with Crippen molar-refractivity contribution in [2.45, 2.75) is 25.2 Å². The summed E-state index contributed by atoms with van der Waals surface area (Å²) < 4.78 is 10.7. The Labute approximate surface area is 186 Å². The number of carbonyl (C=O) groups excluding carboxylic acids is 2. The van der Waals surface area contributed by atoms with Gasteiger partial charge in [-0.15, -0.1) is 0 Å². The van der Waals surface area contributed by atoms with Gasteiger partial charge in [-0.25, -0.2) is 4.79 Å². The molecule has 3 unspecified atom stereocenters. The van der Waals surface area contributed by atoms with Crippen LogP contribution in [0.2, 0.25) is 5.02 Å². The van der Waals surface area contributed by atoms with Crippen LogP contribution in [0.3, 0.4) is 0 Å². The number of fused-ring (bicyclic) bond motifs is 1. The Balaban J connectivity index is 1.86. The van der Waals surface area contributed by atoms with Crippen molar-refractivity contribution < 1.29 is 19.1 Å². The number of hydrogen-bond donors (Lipinski definition) is 1. The van der Waals surface area contributed by atoms with E-state index >= 15 is 0 Å². The molecule has 2 aliphatic rings. The molecule has 5 nitrogen and oxygen atoms in total. The first kappa shape index (κ1) is 21.2. The topological polar surface area (TPSA) is 64.6 Å². The Morgan fingerprint density at radius 1 is 1.06 bits per heavy atom. The minimum absolute atomic E-state index is 0.0608. The van der Waals surface area contributed by atoms with Gasteiger partial charge in [-0.1, -0.05) is 48.0 Å². The molecule has 0 fully saturated rings. The van der Waals surface area contributed by atoms with E-state index in [-0.39, 0.29) is 11.7 Å². The molecule has 31 heavy (non-hydrogen) atoms. The average molecular weight is 438 g/mol. The number of allylic oxidation sites excluding steroid dienone is 3. The summed E-state index contributed by atoms with van der Waals surface area (Å²) >= 11 is 6.03. The number of Topliss-reactive ketones (excluding diaryl/α,β-unsaturated/α-hetero) is 1. The van der Waals surface area contributed by atoms with Crippen molar-refractivity contribution in [1.82, 2.24) is 5.32 Å². The highest BCUT2D eigenvalue weighted by molar-refractivity contribution is 6.30. The minimum atomic E-state index is -0.516. The Morgan fingerprint density at radius 2 is 1.77 bits per heavy atom. The van der Waals surface area contributed by atoms with Gasteiger partial charge in [0.1, 0.15) is 11.5 Å². The molecule has 1 N–H and O–H groups in total. The van der Waals surface area contributed by atoms with Gasteiger partial charge in [0.05, 0.1) is 25.7 Å². The number of halogens is 1. The summed E-state index contributed by atoms with van der Waals surface area (Å²) in [5.74, 6) is -0.820. The van der Waals surface area contributed by atoms with Crippen LogP contribution in [-0.4, -0.2) is 26.0 Å². The van der Waals surface area contributed by atoms with Crippen molar-refractivity contribution >= 4 is 23.4 Å². The Kier molecular flexibility index (Phi) is 5.88. The maximum atomic E-state index is 13.5. The molecule has 1 heterocycles. The SMILES string of the molecule is COC(=O)C1=C(C)NC2=CC(c3ccc(Cl)cc3)CC(=O)C2C1c1ccccc1OC. The molecule has 1 aliphatic heterocycles. The number of ether oxygens (including phenoxy) is 2. The lowest BCUT2D eigenvalue weighted by Gasteiger charge is -2.39. The lowest BCUT2D eigenvalue weighted by molar-refractivity contribution is -0.136. The summed E-state index contributed by atoms with van der Waals surface area (Å²) in [6.45, 7) is 1.84. The predicted octanol–water partition coefficient (Wildman–Crippen LogP) is 4.74. The number of nitrogens with one attached hydrogen (secondary N) is 1. The number of esters is 1. The highest BCUT2D eigenvalue weighted by atomic mass is 35.5. The fourth-order valence-corrected chi connectivity index (χ4v) is 4.76. The lowest BCUT2D eigenvalue weighted by Crippen LogP contribution is -2.41. The molecule has 2 aromatic rings. The average Bonchev–Trinajstić information content (AvgIpc) is 2.78. The molecule has 0 radical (unpaired) electrons. The van der Waals surface area contributed by atoms with Crippen molar-refractivity contribution in [3.8, 4) is 5.75 Å². The van der Waals surface area contributed by atoms with Gasteiger partial charge < -0.3 is 14.8 Å². The van der Waals surface area contributed by atoms with Gasteiger partial charge in [0, 0.05) is 40.2 Å². The van der Waals surface area contributed by atoms with Gasteiger partial charge in [-0.05, 0) is 30.7 Å². The predicted molar refractivity (Wildman–Crippen MR) is 119 cm³/mol. The quantitative estimate of drug-likeness (QED) is 0.700. The molecule has 160 valence electrons. The molecule has 2 aromatic carbocycles. The first-order valence-corrected chi connectivity index (χ1v) is 10.5. The summed E-state index contributed by atoms with van der Waals surface area (Å²) in [4.78, 5) is 26.3. The van der Waals surface area contributed by atoms with Crippen LogP contribution >= 0.6 is 11.6 Å². The maximum Gasteiger partial charge on any atom is 0.336 e. The van der Waals surface area contributed by atoms with Gasteiger partial charge in [-0.2, -0.15) is 0 Å². The van der Waals surface area contributed by atoms with Gasteiger partial charge in [0.15, 0.2) is 0 Å². The second kappa shape index (κ2) is 8.60. The molecule has 0 bridgehead atoms. The number of methoxy groups -OCH3 is 2. The van der Waals surface area contributed by atoms with Crippen molar-refractivity contribution in [3.63, 3.8) is 0 Å². The molecule has 0 saturated heterocycles. The maximum absolute atomic E-state index is 13.5. The van der Waals surface area contributed by atoms with Gasteiger partial charge in [0.2, 0.25) is 0 Å². The van der Waals surface area contributed by atoms with Gasteiger partial charge in [0.25, 0.3) is 0 Å². The van der Waals surface area contributed by atoms with Gasteiger partial charge >= 0.3 is 5.97 Å². The van der Waals surface area contributed by atoms with Gasteiger partial charge in [-0.3, -0.25) is 4.79 Å². The van der Waals surface area contributed by atoms with Crippen LogP contribution in [0.1, 0.15) is 36.3 Å². The fraction of sp³-hybridized carbons (Fsp3) is 0.280. The van der Waals surface area contributed by atoms with E-state index in [0.29, 0.717) is 28.5 Å². The molecular formula is C25H24ClNO4. The van der Waals surface area contributed by atoms with Crippen LogP contribution in [0, 0.1) is 5.92 Å². The number of rotatable bonds is 4. The number of benzene rings is 2. The highest BCUT2D eigenvalue weighted by Gasteiger charge is 2.45. The number of ketones is 1. The smallest absolute Gasteiger partial charge is 0.336 e. The second-order valence-corrected chi connectivity index (χ2v) is 8.24. The summed E-state index contributed by atoms with van der Waals surface area (Å²) in [6, 6.07) is 15.1. The Hall–Kier alpha value is -3.05. The lowest BCUT2D eigenvalue weighted by atomic mass is 9.68. The summed E-state index contributed by atoms with van der Waals surface area (Å²) in [5, 5.41) is 3.97. The van der Waals surface area contributed by atoms with E-state index in [1.807, 2.05) is 55.5 Å². The Morgan fingerprint density at radius 3 is 2.45 bits per heavy atom. The molecular weight excluding hydrogens is 414 g/mol. The Bertz CT molecular complexity index is 1090. The van der Waals surface area contributed by atoms with Crippen LogP contribution in [0.25, 0.3) is 0 Å². The molecule has 0 aromatic heterocycles. The molecule has 1 aliphatic carbocycles. The zero-order chi connectivity index (χ0) is 22.1. The van der Waals surface area contributed by atoms with Crippen LogP contribution in [0.4, 0.5) is 0 Å². The first-order chi connectivity index (χ1) is 14.9. The monoisotopic (exact) mass is 437 g/mol. The van der Waals surface area contributed by atoms with Crippen molar-refractivity contribution in [3.05, 3.63) is 87.7 Å². The van der Waals surface area contributed by atoms with E-state index in [0.717, 1.165) is 16.8 Å². The van der Waals surface area contributed by atoms with E-state index in [1.54, 1.807) is 7.11 Å². The molecule has 0 spiro atoms. The summed E-state index contributed by atoms with van der Waals surface area (Å²) in [7, 11) is 2.94. The van der Waals surface area contributed by atoms with E-state index in [9.17, 15) is 9.59 Å². The number of para-hydroxylation sites is 1. The van der Waals surface area contributed by atoms with Crippen molar-refractivity contribution in [2.24, 2.45) is 5.92 Å².